The van der Waals surface area contributed by atoms with Gasteiger partial charge in [0.05, 0.1) is 20.4 Å². The minimum Gasteiger partial charge on any atom is -0.406 e. The van der Waals surface area contributed by atoms with Gasteiger partial charge in [0.25, 0.3) is 0 Å². The van der Waals surface area contributed by atoms with Crippen molar-refractivity contribution < 1.29 is 45.4 Å². The van der Waals surface area contributed by atoms with Gasteiger partial charge in [-0.2, -0.15) is 0 Å². The van der Waals surface area contributed by atoms with Gasteiger partial charge in [0.2, 0.25) is 11.8 Å². The maximum Gasteiger partial charge on any atom is 0.573 e. The van der Waals surface area contributed by atoms with E-state index in [9.17, 15) is 35.9 Å². The molecule has 6 rings (SSSR count). The molecule has 2 N–H and O–H groups in total. The number of anilines is 2. The van der Waals surface area contributed by atoms with Crippen molar-refractivity contribution in [2.75, 3.05) is 36.8 Å². The minimum atomic E-state index is -4.76. The maximum absolute atomic E-state index is 12.8. The van der Waals surface area contributed by atoms with E-state index in [0.717, 1.165) is 0 Å². The van der Waals surface area contributed by atoms with E-state index >= 15 is 0 Å². The molecule has 4 aromatic rings. The van der Waals surface area contributed by atoms with Crippen LogP contribution in [0.2, 0.25) is 0 Å². The second-order valence-electron chi connectivity index (χ2n) is 12.2. The zero-order valence-electron chi connectivity index (χ0n) is 26.6. The van der Waals surface area contributed by atoms with E-state index in [4.69, 9.17) is 0 Å². The van der Waals surface area contributed by atoms with Gasteiger partial charge < -0.3 is 29.9 Å². The molecule has 2 fully saturated rings. The first kappa shape index (κ1) is 35.8. The van der Waals surface area contributed by atoms with Crippen LogP contribution in [0.4, 0.5) is 36.6 Å². The Hall–Kier alpha value is -4.06. The quantitative estimate of drug-likeness (QED) is 0.119. The summed E-state index contributed by atoms with van der Waals surface area (Å²) >= 11 is 2.50. The molecule has 2 aromatic heterocycles. The lowest BCUT2D eigenvalue weighted by Crippen LogP contribution is -2.42. The van der Waals surface area contributed by atoms with E-state index in [2.05, 4.69) is 30.1 Å². The molecule has 2 aliphatic heterocycles. The molecule has 0 saturated carbocycles. The third-order valence-corrected chi connectivity index (χ3v) is 10.5. The van der Waals surface area contributed by atoms with Crippen LogP contribution in [0.3, 0.4) is 0 Å². The fourth-order valence-corrected chi connectivity index (χ4v) is 8.03. The summed E-state index contributed by atoms with van der Waals surface area (Å²) in [6.07, 6.45) is -4.72. The Bertz CT molecular complexity index is 1670. The molecule has 2 aliphatic rings. The number of piperidine rings is 2. The number of rotatable bonds is 11. The number of carbonyl (C=O) groups is 2. The number of amides is 2. The van der Waals surface area contributed by atoms with Crippen molar-refractivity contribution >= 4 is 65.2 Å². The molecule has 2 saturated heterocycles. The zero-order chi connectivity index (χ0) is 35.5. The highest BCUT2D eigenvalue weighted by atomic mass is 32.1. The van der Waals surface area contributed by atoms with Crippen LogP contribution in [0.1, 0.15) is 51.4 Å². The van der Waals surface area contributed by atoms with Gasteiger partial charge in [-0.1, -0.05) is 22.7 Å². The van der Waals surface area contributed by atoms with Gasteiger partial charge in [-0.15, -0.1) is 26.3 Å². The summed E-state index contributed by atoms with van der Waals surface area (Å²) in [6.45, 7) is 2.32. The van der Waals surface area contributed by atoms with Crippen molar-refractivity contribution in [2.24, 2.45) is 0 Å². The van der Waals surface area contributed by atoms with E-state index < -0.39 is 12.7 Å². The average molecular weight is 745 g/mol. The molecule has 10 nitrogen and oxygen atoms in total. The highest BCUT2D eigenvalue weighted by Crippen LogP contribution is 2.34. The first-order valence-electron chi connectivity index (χ1n) is 16.2. The lowest BCUT2D eigenvalue weighted by atomic mass is 10.0. The predicted molar refractivity (Wildman–Crippen MR) is 178 cm³/mol. The third-order valence-electron chi connectivity index (χ3n) is 8.57. The molecular formula is C32H34F6N6O4S2. The normalized spacial score (nSPS) is 16.6. The van der Waals surface area contributed by atoms with Crippen molar-refractivity contribution in [3.63, 3.8) is 0 Å². The second kappa shape index (κ2) is 15.0. The van der Waals surface area contributed by atoms with Gasteiger partial charge in [0, 0.05) is 63.2 Å². The molecule has 18 heteroatoms. The van der Waals surface area contributed by atoms with Crippen LogP contribution in [0.15, 0.2) is 36.4 Å². The third kappa shape index (κ3) is 9.80. The van der Waals surface area contributed by atoms with Gasteiger partial charge in [-0.05, 0) is 62.8 Å². The number of unbranched alkanes of at least 4 members (excludes halogenated alkanes) is 1. The van der Waals surface area contributed by atoms with Gasteiger partial charge >= 0.3 is 12.7 Å². The molecule has 0 spiro atoms. The Morgan fingerprint density at radius 1 is 0.680 bits per heavy atom. The molecule has 2 aromatic carbocycles. The van der Waals surface area contributed by atoms with Crippen LogP contribution >= 0.6 is 22.7 Å². The molecule has 0 aliphatic carbocycles. The first-order chi connectivity index (χ1) is 23.8. The van der Waals surface area contributed by atoms with Crippen LogP contribution < -0.4 is 20.1 Å². The zero-order valence-corrected chi connectivity index (χ0v) is 28.2. The number of benzene rings is 2. The molecule has 50 heavy (non-hydrogen) atoms. The highest BCUT2D eigenvalue weighted by molar-refractivity contribution is 7.22. The Morgan fingerprint density at radius 3 is 1.42 bits per heavy atom. The largest absolute Gasteiger partial charge is 0.573 e. The molecule has 2 amide bonds. The number of likely N-dealkylation sites (tertiary alicyclic amines) is 2. The molecule has 0 unspecified atom stereocenters. The number of aromatic nitrogens is 2. The van der Waals surface area contributed by atoms with E-state index in [1.54, 1.807) is 0 Å². The topological polar surface area (TPSA) is 109 Å². The number of halogens is 6. The molecular weight excluding hydrogens is 711 g/mol. The Balaban J connectivity index is 0.857. The number of hydrogen-bond acceptors (Lipinski definition) is 10. The van der Waals surface area contributed by atoms with Crippen LogP contribution in [-0.4, -0.2) is 82.6 Å². The second-order valence-corrected chi connectivity index (χ2v) is 14.3. The van der Waals surface area contributed by atoms with Crippen LogP contribution in [0, 0.1) is 0 Å². The summed E-state index contributed by atoms with van der Waals surface area (Å²) in [4.78, 5) is 38.2. The number of hydrogen-bond donors (Lipinski definition) is 2. The molecule has 0 bridgehead atoms. The summed E-state index contributed by atoms with van der Waals surface area (Å²) in [5.74, 6) is -0.474. The van der Waals surface area contributed by atoms with Crippen LogP contribution in [0.25, 0.3) is 20.4 Å². The summed E-state index contributed by atoms with van der Waals surface area (Å²) < 4.78 is 84.4. The Labute approximate surface area is 290 Å². The Kier molecular flexibility index (Phi) is 10.8. The number of nitrogens with zero attached hydrogens (tertiary/aromatic N) is 4. The van der Waals surface area contributed by atoms with E-state index in [0.29, 0.717) is 108 Å². The Morgan fingerprint density at radius 2 is 1.06 bits per heavy atom. The molecule has 4 heterocycles. The van der Waals surface area contributed by atoms with Crippen molar-refractivity contribution in [3.05, 3.63) is 36.4 Å². The van der Waals surface area contributed by atoms with E-state index in [1.807, 2.05) is 9.80 Å². The lowest BCUT2D eigenvalue weighted by molar-refractivity contribution is -0.275. The van der Waals surface area contributed by atoms with Gasteiger partial charge in [-0.25, -0.2) is 9.97 Å². The van der Waals surface area contributed by atoms with Crippen molar-refractivity contribution in [1.29, 1.82) is 0 Å². The number of fused-ring (bicyclic) bond motifs is 2. The van der Waals surface area contributed by atoms with E-state index in [-0.39, 0.29) is 35.4 Å². The first-order valence-corrected chi connectivity index (χ1v) is 17.8. The molecule has 270 valence electrons. The smallest absolute Gasteiger partial charge is 0.406 e. The summed E-state index contributed by atoms with van der Waals surface area (Å²) in [7, 11) is 0. The number of ether oxygens (including phenoxy) is 2. The highest BCUT2D eigenvalue weighted by Gasteiger charge is 2.32. The molecule has 0 atom stereocenters. The standard InChI is InChI=1S/C32H34F6N6O4S2/c33-31(34,35)47-21-5-7-23-25(17-21)49-29(41-23)39-19-9-13-43(14-10-19)27(45)3-1-2-4-28(46)44-15-11-20(12-16-44)40-30-42-24-8-6-22(18-26(24)50-30)48-32(36,37)38/h5-8,17-20H,1-4,9-16H2,(H,39,41)(H,40,42). The minimum absolute atomic E-state index is 0.0546. The summed E-state index contributed by atoms with van der Waals surface area (Å²) in [5.41, 5.74) is 1.15. The molecule has 0 radical (unpaired) electrons. The average Bonchev–Trinajstić information content (AvgIpc) is 3.64. The van der Waals surface area contributed by atoms with Crippen molar-refractivity contribution in [1.82, 2.24) is 19.8 Å². The van der Waals surface area contributed by atoms with Crippen LogP contribution in [-0.2, 0) is 9.59 Å². The van der Waals surface area contributed by atoms with Gasteiger partial charge in [-0.3, -0.25) is 9.59 Å². The SMILES string of the molecule is O=C(CCCCC(=O)N1CCC(Nc2nc3ccc(OC(F)(F)F)cc3s2)CC1)N1CCC(Nc2nc3ccc(OC(F)(F)F)cc3s2)CC1. The summed E-state index contributed by atoms with van der Waals surface area (Å²) in [5, 5.41) is 7.90. The van der Waals surface area contributed by atoms with Crippen molar-refractivity contribution in [2.45, 2.75) is 76.2 Å². The van der Waals surface area contributed by atoms with Crippen molar-refractivity contribution in [3.8, 4) is 11.5 Å². The summed E-state index contributed by atoms with van der Waals surface area (Å²) in [6, 6.07) is 8.24. The van der Waals surface area contributed by atoms with Gasteiger partial charge in [0.15, 0.2) is 10.3 Å². The monoisotopic (exact) mass is 744 g/mol. The van der Waals surface area contributed by atoms with Gasteiger partial charge in [0.1, 0.15) is 11.5 Å². The van der Waals surface area contributed by atoms with Crippen LogP contribution in [0.5, 0.6) is 11.5 Å². The fraction of sp³-hybridized carbons (Fsp3) is 0.500. The number of nitrogens with one attached hydrogen (secondary N) is 2. The predicted octanol–water partition coefficient (Wildman–Crippen LogP) is 7.77. The maximum atomic E-state index is 12.8. The number of alkyl halides is 6. The number of carbonyl (C=O) groups excluding carboxylic acids is 2. The van der Waals surface area contributed by atoms with E-state index in [1.165, 1.54) is 59.1 Å². The fourth-order valence-electron chi connectivity index (χ4n) is 6.09. The lowest BCUT2D eigenvalue weighted by Gasteiger charge is -2.33. The number of thiazole rings is 2.